The van der Waals surface area contributed by atoms with Crippen LogP contribution in [0.3, 0.4) is 0 Å². The van der Waals surface area contributed by atoms with E-state index in [0.29, 0.717) is 6.04 Å². The van der Waals surface area contributed by atoms with Crippen molar-refractivity contribution in [1.82, 2.24) is 15.1 Å². The maximum Gasteiger partial charge on any atom is 0.162 e. The predicted molar refractivity (Wildman–Crippen MR) is 86.1 cm³/mol. The number of likely N-dealkylation sites (N-methyl/N-ethyl adjacent to an activating group) is 1. The Balaban J connectivity index is 2.50. The number of anilines is 1. The number of aryl methyl sites for hydroxylation is 1. The van der Waals surface area contributed by atoms with Crippen molar-refractivity contribution in [3.05, 3.63) is 16.8 Å². The van der Waals surface area contributed by atoms with Crippen LogP contribution in [0.25, 0.3) is 0 Å². The molecule has 1 aliphatic rings. The third-order valence-electron chi connectivity index (χ3n) is 4.20. The second-order valence-electron chi connectivity index (χ2n) is 5.75. The van der Waals surface area contributed by atoms with Crippen LogP contribution in [0.5, 0.6) is 0 Å². The summed E-state index contributed by atoms with van der Waals surface area (Å²) in [7, 11) is 2.13. The Morgan fingerprint density at radius 2 is 2.00 bits per heavy atom. The normalized spacial score (nSPS) is 19.8. The highest BCUT2D eigenvalue weighted by Gasteiger charge is 2.27. The quantitative estimate of drug-likeness (QED) is 0.639. The molecule has 2 rings (SSSR count). The first-order valence-electron chi connectivity index (χ1n) is 7.67. The molecule has 6 nitrogen and oxygen atoms in total. The Morgan fingerprint density at radius 3 is 2.52 bits per heavy atom. The third-order valence-corrected chi connectivity index (χ3v) is 4.20. The summed E-state index contributed by atoms with van der Waals surface area (Å²) in [5.41, 5.74) is 8.67. The monoisotopic (exact) mass is 290 g/mol. The lowest BCUT2D eigenvalue weighted by Gasteiger charge is -2.39. The van der Waals surface area contributed by atoms with Gasteiger partial charge in [-0.25, -0.2) is 0 Å². The molecule has 0 radical (unpaired) electrons. The number of amidine groups is 1. The molecule has 0 amide bonds. The van der Waals surface area contributed by atoms with E-state index in [1.54, 1.807) is 0 Å². The minimum Gasteiger partial charge on any atom is -0.384 e. The highest BCUT2D eigenvalue weighted by molar-refractivity contribution is 6.01. The molecule has 0 aromatic carbocycles. The molecule has 6 heteroatoms. The Bertz CT molecular complexity index is 527. The molecule has 1 unspecified atom stereocenters. The average Bonchev–Trinajstić information content (AvgIpc) is 2.45. The molecule has 1 fully saturated rings. The van der Waals surface area contributed by atoms with Crippen LogP contribution in [0.15, 0.2) is 0 Å². The standard InChI is InChI=1S/C15H26N6/c1-5-11-12(6-2)18-19-15(13(11)14(16)17)21-8-7-20(4)9-10(21)3/h10H,5-9H2,1-4H3,(H3,16,17). The van der Waals surface area contributed by atoms with Gasteiger partial charge in [0.1, 0.15) is 5.84 Å². The molecule has 1 aromatic heterocycles. The zero-order valence-electron chi connectivity index (χ0n) is 13.5. The topological polar surface area (TPSA) is 82.1 Å². The highest BCUT2D eigenvalue weighted by Crippen LogP contribution is 2.26. The van der Waals surface area contributed by atoms with E-state index in [4.69, 9.17) is 11.1 Å². The molecule has 1 aromatic rings. The largest absolute Gasteiger partial charge is 0.384 e. The van der Waals surface area contributed by atoms with Gasteiger partial charge < -0.3 is 15.5 Å². The van der Waals surface area contributed by atoms with Gasteiger partial charge in [0, 0.05) is 25.7 Å². The van der Waals surface area contributed by atoms with Crippen LogP contribution in [0.4, 0.5) is 5.82 Å². The molecule has 21 heavy (non-hydrogen) atoms. The van der Waals surface area contributed by atoms with Crippen molar-refractivity contribution in [3.63, 3.8) is 0 Å². The van der Waals surface area contributed by atoms with E-state index in [9.17, 15) is 0 Å². The Kier molecular flexibility index (Phi) is 4.77. The SMILES string of the molecule is CCc1nnc(N2CCN(C)CC2C)c(C(=N)N)c1CC. The average molecular weight is 290 g/mol. The van der Waals surface area contributed by atoms with E-state index >= 15 is 0 Å². The highest BCUT2D eigenvalue weighted by atomic mass is 15.3. The lowest BCUT2D eigenvalue weighted by atomic mass is 10.0. The van der Waals surface area contributed by atoms with E-state index in [2.05, 4.69) is 47.8 Å². The van der Waals surface area contributed by atoms with Crippen LogP contribution < -0.4 is 10.6 Å². The number of aromatic nitrogens is 2. The molecule has 1 atom stereocenters. The summed E-state index contributed by atoms with van der Waals surface area (Å²) >= 11 is 0. The number of hydrogen-bond donors (Lipinski definition) is 2. The van der Waals surface area contributed by atoms with Crippen LogP contribution >= 0.6 is 0 Å². The summed E-state index contributed by atoms with van der Waals surface area (Å²) in [6, 6.07) is 0.341. The van der Waals surface area contributed by atoms with Gasteiger partial charge in [0.2, 0.25) is 0 Å². The van der Waals surface area contributed by atoms with Gasteiger partial charge in [-0.3, -0.25) is 5.41 Å². The first kappa shape index (κ1) is 15.7. The van der Waals surface area contributed by atoms with Crippen LogP contribution in [0.2, 0.25) is 0 Å². The molecule has 1 saturated heterocycles. The van der Waals surface area contributed by atoms with Gasteiger partial charge in [-0.05, 0) is 32.4 Å². The van der Waals surface area contributed by atoms with Gasteiger partial charge in [0.15, 0.2) is 5.82 Å². The van der Waals surface area contributed by atoms with Crippen molar-refractivity contribution in [3.8, 4) is 0 Å². The number of nitrogens with one attached hydrogen (secondary N) is 1. The minimum atomic E-state index is 0.0950. The molecular weight excluding hydrogens is 264 g/mol. The van der Waals surface area contributed by atoms with Gasteiger partial charge in [0.25, 0.3) is 0 Å². The van der Waals surface area contributed by atoms with Crippen molar-refractivity contribution in [2.45, 2.75) is 39.7 Å². The van der Waals surface area contributed by atoms with Crippen molar-refractivity contribution in [2.24, 2.45) is 5.73 Å². The van der Waals surface area contributed by atoms with Crippen molar-refractivity contribution in [2.75, 3.05) is 31.6 Å². The summed E-state index contributed by atoms with van der Waals surface area (Å²) in [5.74, 6) is 0.870. The molecule has 1 aliphatic heterocycles. The Morgan fingerprint density at radius 1 is 1.29 bits per heavy atom. The summed E-state index contributed by atoms with van der Waals surface area (Å²) in [5, 5.41) is 16.8. The van der Waals surface area contributed by atoms with E-state index in [0.717, 1.165) is 55.1 Å². The first-order valence-corrected chi connectivity index (χ1v) is 7.67. The summed E-state index contributed by atoms with van der Waals surface area (Å²) in [4.78, 5) is 4.55. The molecule has 0 bridgehead atoms. The van der Waals surface area contributed by atoms with E-state index in [1.807, 2.05) is 0 Å². The second kappa shape index (κ2) is 6.39. The zero-order chi connectivity index (χ0) is 15.6. The fraction of sp³-hybridized carbons (Fsp3) is 0.667. The van der Waals surface area contributed by atoms with Gasteiger partial charge >= 0.3 is 0 Å². The fourth-order valence-electron chi connectivity index (χ4n) is 3.10. The van der Waals surface area contributed by atoms with Crippen LogP contribution in [0, 0.1) is 5.41 Å². The number of rotatable bonds is 4. The van der Waals surface area contributed by atoms with Gasteiger partial charge in [0.05, 0.1) is 11.3 Å². The molecule has 0 saturated carbocycles. The maximum absolute atomic E-state index is 7.99. The molecular formula is C15H26N6. The molecule has 0 aliphatic carbocycles. The minimum absolute atomic E-state index is 0.0950. The molecule has 3 N–H and O–H groups in total. The molecule has 2 heterocycles. The zero-order valence-corrected chi connectivity index (χ0v) is 13.5. The van der Waals surface area contributed by atoms with Crippen LogP contribution in [-0.4, -0.2) is 53.7 Å². The predicted octanol–water partition coefficient (Wildman–Crippen LogP) is 1.03. The van der Waals surface area contributed by atoms with Gasteiger partial charge in [-0.1, -0.05) is 13.8 Å². The van der Waals surface area contributed by atoms with Crippen LogP contribution in [-0.2, 0) is 12.8 Å². The lowest BCUT2D eigenvalue weighted by Crippen LogP contribution is -2.51. The number of hydrogen-bond acceptors (Lipinski definition) is 5. The van der Waals surface area contributed by atoms with E-state index in [-0.39, 0.29) is 5.84 Å². The summed E-state index contributed by atoms with van der Waals surface area (Å²) in [6.07, 6.45) is 1.64. The Hall–Kier alpha value is -1.69. The lowest BCUT2D eigenvalue weighted by molar-refractivity contribution is 0.274. The van der Waals surface area contributed by atoms with E-state index in [1.165, 1.54) is 0 Å². The van der Waals surface area contributed by atoms with Gasteiger partial charge in [-0.15, -0.1) is 5.10 Å². The fourth-order valence-corrected chi connectivity index (χ4v) is 3.10. The third kappa shape index (κ3) is 3.00. The first-order chi connectivity index (χ1) is 9.99. The molecule has 116 valence electrons. The summed E-state index contributed by atoms with van der Waals surface area (Å²) < 4.78 is 0. The number of piperazine rings is 1. The van der Waals surface area contributed by atoms with Crippen molar-refractivity contribution < 1.29 is 0 Å². The number of nitrogens with two attached hydrogens (primary N) is 1. The van der Waals surface area contributed by atoms with Crippen molar-refractivity contribution >= 4 is 11.7 Å². The maximum atomic E-state index is 7.99. The summed E-state index contributed by atoms with van der Waals surface area (Å²) in [6.45, 7) is 9.18. The van der Waals surface area contributed by atoms with E-state index < -0.39 is 0 Å². The number of nitrogen functional groups attached to an aromatic ring is 1. The number of nitrogens with zero attached hydrogens (tertiary/aromatic N) is 4. The van der Waals surface area contributed by atoms with Crippen molar-refractivity contribution in [1.29, 1.82) is 5.41 Å². The van der Waals surface area contributed by atoms with Crippen LogP contribution in [0.1, 0.15) is 37.6 Å². The second-order valence-corrected chi connectivity index (χ2v) is 5.75. The molecule has 0 spiro atoms. The Labute approximate surface area is 126 Å². The smallest absolute Gasteiger partial charge is 0.162 e. The van der Waals surface area contributed by atoms with Gasteiger partial charge in [-0.2, -0.15) is 5.10 Å².